The lowest BCUT2D eigenvalue weighted by Gasteiger charge is -2.18. The van der Waals surface area contributed by atoms with Crippen molar-refractivity contribution in [3.63, 3.8) is 0 Å². The van der Waals surface area contributed by atoms with Crippen LogP contribution in [0.15, 0.2) is 86.7 Å². The van der Waals surface area contributed by atoms with Crippen molar-refractivity contribution >= 4 is 55.5 Å². The highest BCUT2D eigenvalue weighted by Gasteiger charge is 2.29. The van der Waals surface area contributed by atoms with Gasteiger partial charge in [-0.2, -0.15) is 8.42 Å². The molecule has 6 nitrogen and oxygen atoms in total. The molecule has 3 aromatic carbocycles. The van der Waals surface area contributed by atoms with E-state index in [1.165, 1.54) is 10.6 Å². The molecule has 0 saturated carbocycles. The third kappa shape index (κ3) is 4.74. The van der Waals surface area contributed by atoms with E-state index in [0.717, 1.165) is 40.8 Å². The highest BCUT2D eigenvalue weighted by molar-refractivity contribution is 8.03. The maximum Gasteiger partial charge on any atom is 0.375 e. The van der Waals surface area contributed by atoms with Gasteiger partial charge in [0.2, 0.25) is 5.58 Å². The molecular weight excluding hydrogens is 480 g/mol. The Morgan fingerprint density at radius 2 is 1.86 bits per heavy atom. The summed E-state index contributed by atoms with van der Waals surface area (Å²) in [7, 11) is -4.30. The van der Waals surface area contributed by atoms with Crippen molar-refractivity contribution in [2.24, 2.45) is 0 Å². The molecule has 180 valence electrons. The zero-order valence-corrected chi connectivity index (χ0v) is 21.3. The lowest BCUT2D eigenvalue weighted by atomic mass is 10.1. The average Bonchev–Trinajstić information content (AvgIpc) is 3.35. The molecule has 0 aliphatic carbocycles. The Labute approximate surface area is 209 Å². The van der Waals surface area contributed by atoms with Gasteiger partial charge in [-0.05, 0) is 54.6 Å². The van der Waals surface area contributed by atoms with E-state index in [0.29, 0.717) is 17.0 Å². The summed E-state index contributed by atoms with van der Waals surface area (Å²) in [6, 6.07) is 19.9. The van der Waals surface area contributed by atoms with Gasteiger partial charge in [0.25, 0.3) is 11.4 Å². The van der Waals surface area contributed by atoms with E-state index in [4.69, 9.17) is 4.42 Å². The first-order chi connectivity index (χ1) is 16.9. The van der Waals surface area contributed by atoms with E-state index >= 15 is 0 Å². The molecule has 0 atom stereocenters. The number of allylic oxidation sites excluding steroid dienone is 2. The monoisotopic (exact) mass is 507 g/mol. The van der Waals surface area contributed by atoms with Crippen molar-refractivity contribution in [2.75, 3.05) is 11.4 Å². The van der Waals surface area contributed by atoms with E-state index in [1.54, 1.807) is 16.3 Å². The zero-order valence-electron chi connectivity index (χ0n) is 19.6. The predicted molar refractivity (Wildman–Crippen MR) is 142 cm³/mol. The number of hydrogen-bond acceptors (Lipinski definition) is 5. The van der Waals surface area contributed by atoms with Crippen LogP contribution < -0.4 is 9.47 Å². The molecule has 1 aromatic heterocycles. The molecule has 0 radical (unpaired) electrons. The molecule has 0 spiro atoms. The number of benzene rings is 3. The molecule has 0 unspecified atom stereocenters. The fraction of sp³-hybridized carbons (Fsp3) is 0.222. The number of nitrogens with zero attached hydrogens (tertiary/aromatic N) is 2. The Bertz CT molecular complexity index is 1590. The third-order valence-corrected chi connectivity index (χ3v) is 7.71. The van der Waals surface area contributed by atoms with Gasteiger partial charge in [-0.1, -0.05) is 61.5 Å². The number of para-hydroxylation sites is 1. The maximum atomic E-state index is 12.0. The smallest absolute Gasteiger partial charge is 0.375 e. The van der Waals surface area contributed by atoms with Crippen molar-refractivity contribution in [3.05, 3.63) is 83.2 Å². The zero-order chi connectivity index (χ0) is 24.6. The van der Waals surface area contributed by atoms with Gasteiger partial charge in [-0.25, -0.2) is 0 Å². The molecule has 4 aromatic rings. The molecule has 0 amide bonds. The number of fused-ring (bicyclic) bond motifs is 4. The van der Waals surface area contributed by atoms with Gasteiger partial charge in [-0.15, -0.1) is 4.57 Å². The van der Waals surface area contributed by atoms with E-state index in [9.17, 15) is 13.0 Å². The number of thioether (sulfide) groups is 1. The summed E-state index contributed by atoms with van der Waals surface area (Å²) < 4.78 is 41.4. The second-order valence-electron chi connectivity index (χ2n) is 8.48. The molecule has 0 saturated heterocycles. The Morgan fingerprint density at radius 1 is 1.09 bits per heavy atom. The number of rotatable bonds is 7. The van der Waals surface area contributed by atoms with Crippen LogP contribution >= 0.6 is 11.8 Å². The maximum absolute atomic E-state index is 12.0. The van der Waals surface area contributed by atoms with Crippen molar-refractivity contribution in [2.45, 2.75) is 37.5 Å². The van der Waals surface area contributed by atoms with Crippen LogP contribution in [0, 0.1) is 0 Å². The largest absolute Gasteiger partial charge is 0.398 e. The van der Waals surface area contributed by atoms with Crippen molar-refractivity contribution < 1.29 is 22.0 Å². The van der Waals surface area contributed by atoms with Gasteiger partial charge in [0.05, 0.1) is 22.2 Å². The molecule has 1 aliphatic rings. The summed E-state index contributed by atoms with van der Waals surface area (Å²) in [5.41, 5.74) is 3.43. The fourth-order valence-corrected chi connectivity index (χ4v) is 6.34. The first-order valence-corrected chi connectivity index (χ1v) is 14.1. The van der Waals surface area contributed by atoms with Crippen LogP contribution in [0.1, 0.15) is 32.6 Å². The Kier molecular flexibility index (Phi) is 6.44. The van der Waals surface area contributed by atoms with Crippen LogP contribution in [-0.2, 0) is 16.0 Å². The van der Waals surface area contributed by atoms with Crippen LogP contribution in [0.3, 0.4) is 0 Å². The van der Waals surface area contributed by atoms with Gasteiger partial charge in [0.15, 0.2) is 0 Å². The summed E-state index contributed by atoms with van der Waals surface area (Å²) >= 11 is 1.73. The molecule has 5 rings (SSSR count). The van der Waals surface area contributed by atoms with Gasteiger partial charge in [-0.3, -0.25) is 4.55 Å². The van der Waals surface area contributed by atoms with Gasteiger partial charge in [0.1, 0.15) is 0 Å². The minimum absolute atomic E-state index is 0.387. The fourth-order valence-electron chi connectivity index (χ4n) is 4.55. The lowest BCUT2D eigenvalue weighted by molar-refractivity contribution is -0.658. The van der Waals surface area contributed by atoms with Gasteiger partial charge < -0.3 is 9.32 Å². The van der Waals surface area contributed by atoms with Crippen molar-refractivity contribution in [1.82, 2.24) is 0 Å². The number of anilines is 1. The number of hydrogen-bond donors (Lipinski definition) is 1. The molecule has 2 heterocycles. The minimum atomic E-state index is -4.30. The second kappa shape index (κ2) is 9.53. The van der Waals surface area contributed by atoms with E-state index in [1.807, 2.05) is 54.6 Å². The van der Waals surface area contributed by atoms with Gasteiger partial charge in [0, 0.05) is 11.4 Å². The van der Waals surface area contributed by atoms with Crippen LogP contribution in [0.4, 0.5) is 5.69 Å². The molecule has 0 bridgehead atoms. The lowest BCUT2D eigenvalue weighted by Crippen LogP contribution is -2.39. The van der Waals surface area contributed by atoms with Crippen molar-refractivity contribution in [3.8, 4) is 0 Å². The highest BCUT2D eigenvalue weighted by Crippen LogP contribution is 2.46. The molecule has 0 fully saturated rings. The Balaban J connectivity index is 1.67. The van der Waals surface area contributed by atoms with Crippen LogP contribution in [0.2, 0.25) is 0 Å². The number of aromatic nitrogens is 1. The second-order valence-corrected chi connectivity index (χ2v) is 11.0. The first kappa shape index (κ1) is 23.7. The molecular formula is C27H27N2O4S2+. The SMILES string of the molecule is CCCC(=C/c1oc2ccc3ccccc3c2[n+]1CS(=O)(=O)O)/C=C1/Sc2ccccc2N1CC. The van der Waals surface area contributed by atoms with Crippen LogP contribution in [0.25, 0.3) is 27.9 Å². The Hall–Kier alpha value is -3.07. The third-order valence-electron chi connectivity index (χ3n) is 6.02. The van der Waals surface area contributed by atoms with Gasteiger partial charge >= 0.3 is 16.0 Å². The molecule has 35 heavy (non-hydrogen) atoms. The molecule has 8 heteroatoms. The van der Waals surface area contributed by atoms with E-state index < -0.39 is 16.0 Å². The summed E-state index contributed by atoms with van der Waals surface area (Å²) in [6.07, 6.45) is 5.76. The summed E-state index contributed by atoms with van der Waals surface area (Å²) in [6.45, 7) is 5.08. The van der Waals surface area contributed by atoms with E-state index in [-0.39, 0.29) is 0 Å². The van der Waals surface area contributed by atoms with Crippen LogP contribution in [-0.4, -0.2) is 19.5 Å². The highest BCUT2D eigenvalue weighted by atomic mass is 32.2. The normalized spacial score (nSPS) is 15.5. The van der Waals surface area contributed by atoms with Crippen LogP contribution in [0.5, 0.6) is 0 Å². The van der Waals surface area contributed by atoms with E-state index in [2.05, 4.69) is 37.0 Å². The standard InChI is InChI=1S/C27H26N2O4S2/c1-3-9-19(17-26-28(4-2)22-12-7-8-13-24(22)34-26)16-25-29(18-35(30,31)32)27-21-11-6-5-10-20(21)14-15-23(27)33-25/h5-8,10-17H,3-4,9,18H2,1-2H3/p+1. The topological polar surface area (TPSA) is 74.6 Å². The summed E-state index contributed by atoms with van der Waals surface area (Å²) in [5, 5.41) is 2.96. The Morgan fingerprint density at radius 3 is 2.63 bits per heavy atom. The average molecular weight is 508 g/mol. The predicted octanol–water partition coefficient (Wildman–Crippen LogP) is 6.38. The van der Waals surface area contributed by atoms with Crippen molar-refractivity contribution in [1.29, 1.82) is 0 Å². The summed E-state index contributed by atoms with van der Waals surface area (Å²) in [5.74, 6) is -0.199. The first-order valence-electron chi connectivity index (χ1n) is 11.6. The number of oxazole rings is 1. The molecule has 1 aliphatic heterocycles. The molecule has 1 N–H and O–H groups in total. The summed E-state index contributed by atoms with van der Waals surface area (Å²) in [4.78, 5) is 3.50. The minimum Gasteiger partial charge on any atom is -0.398 e. The quantitative estimate of drug-likeness (QED) is 0.231.